The van der Waals surface area contributed by atoms with E-state index in [2.05, 4.69) is 23.3 Å². The lowest BCUT2D eigenvalue weighted by Crippen LogP contribution is -1.90. The minimum atomic E-state index is -0.607. The highest BCUT2D eigenvalue weighted by Crippen LogP contribution is 2.16. The number of benzene rings is 1. The van der Waals surface area contributed by atoms with Crippen LogP contribution in [-0.2, 0) is 0 Å². The highest BCUT2D eigenvalue weighted by Gasteiger charge is 2.08. The molecule has 0 heterocycles. The highest BCUT2D eigenvalue weighted by atomic mass is 33.1. The number of nitro groups is 2. The molecule has 0 N–H and O–H groups in total. The number of rotatable bonds is 2. The molecule has 0 unspecified atom stereocenters. The van der Waals surface area contributed by atoms with Gasteiger partial charge in [-0.2, -0.15) is 0 Å². The van der Waals surface area contributed by atoms with Crippen LogP contribution in [0.1, 0.15) is 0 Å². The molecule has 1 rings (SSSR count). The molecule has 0 spiro atoms. The standard InChI is InChI=1S/C6H4N2O4.H2S2/c9-7(10)5-1-2-6(4-3-5)8(11)12;1-2/h1-4H;1-2H. The number of thiol groups is 2. The molecule has 6 nitrogen and oxygen atoms in total. The van der Waals surface area contributed by atoms with Gasteiger partial charge in [0.05, 0.1) is 9.85 Å². The Morgan fingerprint density at radius 1 is 0.857 bits per heavy atom. The molecular weight excluding hydrogens is 228 g/mol. The van der Waals surface area contributed by atoms with Gasteiger partial charge in [-0.05, 0) is 0 Å². The predicted molar refractivity (Wildman–Crippen MR) is 57.7 cm³/mol. The second-order valence-electron chi connectivity index (χ2n) is 2.03. The molecule has 0 aliphatic carbocycles. The maximum absolute atomic E-state index is 10.1. The number of non-ortho nitro benzene ring substituents is 2. The van der Waals surface area contributed by atoms with Gasteiger partial charge in [-0.3, -0.25) is 20.2 Å². The van der Waals surface area contributed by atoms with Crippen LogP contribution in [0.25, 0.3) is 0 Å². The van der Waals surface area contributed by atoms with Crippen molar-refractivity contribution >= 4 is 34.7 Å². The fourth-order valence-electron chi connectivity index (χ4n) is 0.696. The van der Waals surface area contributed by atoms with Crippen LogP contribution in [0, 0.1) is 20.2 Å². The summed E-state index contributed by atoms with van der Waals surface area (Å²) in [6.07, 6.45) is 0. The maximum atomic E-state index is 10.1. The van der Waals surface area contributed by atoms with E-state index in [4.69, 9.17) is 0 Å². The molecule has 0 aromatic heterocycles. The smallest absolute Gasteiger partial charge is 0.258 e. The molecule has 14 heavy (non-hydrogen) atoms. The second-order valence-corrected chi connectivity index (χ2v) is 2.03. The van der Waals surface area contributed by atoms with Gasteiger partial charge in [0, 0.05) is 24.3 Å². The molecule has 76 valence electrons. The maximum Gasteiger partial charge on any atom is 0.269 e. The Balaban J connectivity index is 0.000000791. The lowest BCUT2D eigenvalue weighted by Gasteiger charge is -1.90. The van der Waals surface area contributed by atoms with E-state index in [9.17, 15) is 20.2 Å². The molecule has 0 aliphatic heterocycles. The molecule has 1 aromatic carbocycles. The first-order valence-corrected chi connectivity index (χ1v) is 4.80. The summed E-state index contributed by atoms with van der Waals surface area (Å²) in [6.45, 7) is 0. The third-order valence-corrected chi connectivity index (χ3v) is 1.27. The molecule has 0 amide bonds. The lowest BCUT2D eigenvalue weighted by atomic mass is 10.3. The lowest BCUT2D eigenvalue weighted by molar-refractivity contribution is -0.389. The average Bonchev–Trinajstić information content (AvgIpc) is 2.21. The molecule has 0 aliphatic rings. The zero-order chi connectivity index (χ0) is 11.1. The van der Waals surface area contributed by atoms with Gasteiger partial charge in [0.15, 0.2) is 0 Å². The second kappa shape index (κ2) is 6.22. The van der Waals surface area contributed by atoms with Crippen molar-refractivity contribution in [3.05, 3.63) is 44.5 Å². The zero-order valence-electron chi connectivity index (χ0n) is 6.73. The van der Waals surface area contributed by atoms with E-state index in [0.29, 0.717) is 0 Å². The van der Waals surface area contributed by atoms with Crippen molar-refractivity contribution in [3.63, 3.8) is 0 Å². The van der Waals surface area contributed by atoms with Crippen molar-refractivity contribution in [1.82, 2.24) is 0 Å². The Bertz CT molecular complexity index is 294. The quantitative estimate of drug-likeness (QED) is 0.355. The summed E-state index contributed by atoms with van der Waals surface area (Å²) in [7, 11) is 0. The Kier molecular flexibility index (Phi) is 5.65. The Morgan fingerprint density at radius 2 is 1.07 bits per heavy atom. The van der Waals surface area contributed by atoms with Gasteiger partial charge in [-0.1, -0.05) is 0 Å². The SMILES string of the molecule is O=[N+]([O-])c1ccc([N+](=O)[O-])cc1.SS. The van der Waals surface area contributed by atoms with E-state index in [-0.39, 0.29) is 11.4 Å². The zero-order valence-corrected chi connectivity index (χ0v) is 8.52. The van der Waals surface area contributed by atoms with Crippen molar-refractivity contribution < 1.29 is 9.85 Å². The first-order valence-electron chi connectivity index (χ1n) is 3.20. The summed E-state index contributed by atoms with van der Waals surface area (Å²) >= 11 is 6.44. The van der Waals surface area contributed by atoms with Crippen molar-refractivity contribution in [2.45, 2.75) is 0 Å². The summed E-state index contributed by atoms with van der Waals surface area (Å²) in [4.78, 5) is 19.0. The molecule has 0 atom stereocenters. The van der Waals surface area contributed by atoms with Crippen LogP contribution >= 0.6 is 23.3 Å². The minimum Gasteiger partial charge on any atom is -0.258 e. The molecule has 0 radical (unpaired) electrons. The van der Waals surface area contributed by atoms with Crippen molar-refractivity contribution in [3.8, 4) is 0 Å². The van der Waals surface area contributed by atoms with Crippen LogP contribution in [0.2, 0.25) is 0 Å². The molecule has 0 bridgehead atoms. The van der Waals surface area contributed by atoms with Gasteiger partial charge in [0.2, 0.25) is 0 Å². The molecule has 0 saturated heterocycles. The van der Waals surface area contributed by atoms with Gasteiger partial charge in [-0.15, -0.1) is 23.3 Å². The normalized spacial score (nSPS) is 8.43. The predicted octanol–water partition coefficient (Wildman–Crippen LogP) is 2.26. The fraction of sp³-hybridized carbons (Fsp3) is 0. The molecule has 0 saturated carbocycles. The van der Waals surface area contributed by atoms with Crippen molar-refractivity contribution in [2.24, 2.45) is 0 Å². The number of nitro benzene ring substituents is 2. The van der Waals surface area contributed by atoms with E-state index >= 15 is 0 Å². The fourth-order valence-corrected chi connectivity index (χ4v) is 0.696. The van der Waals surface area contributed by atoms with E-state index in [1.165, 1.54) is 0 Å². The first-order chi connectivity index (χ1) is 6.61. The number of hydrogen-bond acceptors (Lipinski definition) is 6. The van der Waals surface area contributed by atoms with Gasteiger partial charge in [0.1, 0.15) is 0 Å². The first kappa shape index (κ1) is 12.7. The minimum absolute atomic E-state index is 0.152. The van der Waals surface area contributed by atoms with Crippen LogP contribution in [0.15, 0.2) is 24.3 Å². The van der Waals surface area contributed by atoms with Gasteiger partial charge in [0.25, 0.3) is 11.4 Å². The molecule has 1 aromatic rings. The number of nitrogens with zero attached hydrogens (tertiary/aromatic N) is 2. The van der Waals surface area contributed by atoms with Gasteiger partial charge in [-0.25, -0.2) is 0 Å². The summed E-state index contributed by atoms with van der Waals surface area (Å²) in [5, 5.41) is 20.2. The van der Waals surface area contributed by atoms with Crippen molar-refractivity contribution in [2.75, 3.05) is 0 Å². The van der Waals surface area contributed by atoms with E-state index in [0.717, 1.165) is 24.3 Å². The van der Waals surface area contributed by atoms with Gasteiger partial charge < -0.3 is 0 Å². The van der Waals surface area contributed by atoms with Crippen LogP contribution in [0.4, 0.5) is 11.4 Å². The van der Waals surface area contributed by atoms with Gasteiger partial charge >= 0.3 is 0 Å². The Labute approximate surface area is 89.5 Å². The summed E-state index contributed by atoms with van der Waals surface area (Å²) in [6, 6.07) is 4.38. The largest absolute Gasteiger partial charge is 0.269 e. The van der Waals surface area contributed by atoms with E-state index in [1.807, 2.05) is 0 Å². The monoisotopic (exact) mass is 234 g/mol. The molecule has 8 heteroatoms. The van der Waals surface area contributed by atoms with Crippen LogP contribution in [0.5, 0.6) is 0 Å². The third-order valence-electron chi connectivity index (χ3n) is 1.27. The van der Waals surface area contributed by atoms with Crippen LogP contribution in [0.3, 0.4) is 0 Å². The van der Waals surface area contributed by atoms with Crippen molar-refractivity contribution in [1.29, 1.82) is 0 Å². The summed E-state index contributed by atoms with van der Waals surface area (Å²) < 4.78 is 0. The number of hydrogen-bond donors (Lipinski definition) is 2. The third kappa shape index (κ3) is 3.62. The average molecular weight is 234 g/mol. The molecular formula is C6H6N2O4S2. The topological polar surface area (TPSA) is 86.3 Å². The molecule has 0 fully saturated rings. The van der Waals surface area contributed by atoms with Crippen LogP contribution < -0.4 is 0 Å². The van der Waals surface area contributed by atoms with E-state index < -0.39 is 9.85 Å². The highest BCUT2D eigenvalue weighted by molar-refractivity contribution is 8.59. The Hall–Kier alpha value is -1.28. The van der Waals surface area contributed by atoms with E-state index in [1.54, 1.807) is 0 Å². The Morgan fingerprint density at radius 3 is 1.21 bits per heavy atom. The van der Waals surface area contributed by atoms with Crippen LogP contribution in [-0.4, -0.2) is 9.85 Å². The summed E-state index contributed by atoms with van der Waals surface area (Å²) in [5.74, 6) is 0. The summed E-state index contributed by atoms with van der Waals surface area (Å²) in [5.41, 5.74) is -0.304.